The highest BCUT2D eigenvalue weighted by Gasteiger charge is 2.47. The molecule has 0 aliphatic heterocycles. The molecule has 4 N–H and O–H groups in total. The van der Waals surface area contributed by atoms with Gasteiger partial charge in [-0.05, 0) is 119 Å². The van der Waals surface area contributed by atoms with E-state index in [1.165, 1.54) is 36.4 Å². The second-order valence-corrected chi connectivity index (χ2v) is 12.6. The molecular formula is C43H30O10. The van der Waals surface area contributed by atoms with Gasteiger partial charge in [0.15, 0.2) is 0 Å². The normalized spacial score (nSPS) is 12.3. The first-order valence-electron chi connectivity index (χ1n) is 16.4. The van der Waals surface area contributed by atoms with Crippen molar-refractivity contribution in [2.24, 2.45) is 0 Å². The summed E-state index contributed by atoms with van der Waals surface area (Å²) >= 11 is 0. The van der Waals surface area contributed by atoms with Crippen molar-refractivity contribution in [2.75, 3.05) is 0 Å². The van der Waals surface area contributed by atoms with Crippen LogP contribution in [-0.4, -0.2) is 44.3 Å². The summed E-state index contributed by atoms with van der Waals surface area (Å²) < 4.78 is 12.2. The predicted octanol–water partition coefficient (Wildman–Crippen LogP) is 9.04. The zero-order chi connectivity index (χ0) is 37.6. The van der Waals surface area contributed by atoms with Crippen molar-refractivity contribution >= 4 is 23.9 Å². The van der Waals surface area contributed by atoms with Gasteiger partial charge in [0.25, 0.3) is 0 Å². The number of benzene rings is 6. The zero-order valence-corrected chi connectivity index (χ0v) is 28.3. The molecule has 10 nitrogen and oxygen atoms in total. The molecule has 0 saturated heterocycles. The Morgan fingerprint density at radius 2 is 0.755 bits per heavy atom. The Hall–Kier alpha value is -7.20. The molecule has 0 fully saturated rings. The summed E-state index contributed by atoms with van der Waals surface area (Å²) in [6.07, 6.45) is 0. The summed E-state index contributed by atoms with van der Waals surface area (Å²) in [6, 6.07) is 35.3. The van der Waals surface area contributed by atoms with Gasteiger partial charge in [0.2, 0.25) is 0 Å². The fourth-order valence-corrected chi connectivity index (χ4v) is 7.37. The van der Waals surface area contributed by atoms with E-state index in [1.807, 2.05) is 62.4 Å². The highest BCUT2D eigenvalue weighted by atomic mass is 16.5. The fraction of sp³-hybridized carbons (Fsp3) is 0.0698. The van der Waals surface area contributed by atoms with E-state index in [0.29, 0.717) is 11.5 Å². The molecule has 7 rings (SSSR count). The van der Waals surface area contributed by atoms with Crippen LogP contribution in [0.25, 0.3) is 11.1 Å². The summed E-state index contributed by atoms with van der Waals surface area (Å²) in [5.74, 6) is -4.27. The van der Waals surface area contributed by atoms with E-state index >= 15 is 0 Å². The molecule has 6 aromatic rings. The molecule has 0 unspecified atom stereocenters. The lowest BCUT2D eigenvalue weighted by atomic mass is 9.65. The molecule has 0 heterocycles. The van der Waals surface area contributed by atoms with Crippen LogP contribution in [0.5, 0.6) is 23.0 Å². The Kier molecular flexibility index (Phi) is 8.51. The van der Waals surface area contributed by atoms with Gasteiger partial charge in [0.1, 0.15) is 23.0 Å². The second kappa shape index (κ2) is 13.2. The van der Waals surface area contributed by atoms with Crippen LogP contribution < -0.4 is 9.47 Å². The molecule has 0 bridgehead atoms. The van der Waals surface area contributed by atoms with Crippen molar-refractivity contribution in [1.82, 2.24) is 0 Å². The minimum absolute atomic E-state index is 0.172. The number of fused-ring (bicyclic) bond motifs is 3. The van der Waals surface area contributed by atoms with Crippen LogP contribution in [0.3, 0.4) is 0 Å². The van der Waals surface area contributed by atoms with Crippen LogP contribution in [0.1, 0.15) is 74.8 Å². The Morgan fingerprint density at radius 3 is 1.11 bits per heavy atom. The average molecular weight is 707 g/mol. The van der Waals surface area contributed by atoms with Gasteiger partial charge >= 0.3 is 23.9 Å². The van der Waals surface area contributed by atoms with Crippen LogP contribution >= 0.6 is 0 Å². The Labute approximate surface area is 302 Å². The maximum atomic E-state index is 11.8. The van der Waals surface area contributed by atoms with E-state index < -0.39 is 29.3 Å². The molecule has 1 aliphatic carbocycles. The van der Waals surface area contributed by atoms with E-state index in [1.54, 1.807) is 12.1 Å². The predicted molar refractivity (Wildman–Crippen MR) is 194 cm³/mol. The first kappa shape index (κ1) is 34.3. The highest BCUT2D eigenvalue weighted by molar-refractivity contribution is 6.02. The molecule has 1 aliphatic rings. The Bertz CT molecular complexity index is 2340. The van der Waals surface area contributed by atoms with E-state index in [4.69, 9.17) is 9.47 Å². The quantitative estimate of drug-likeness (QED) is 0.108. The van der Waals surface area contributed by atoms with E-state index in [9.17, 15) is 39.6 Å². The van der Waals surface area contributed by atoms with Gasteiger partial charge in [-0.25, -0.2) is 19.2 Å². The van der Waals surface area contributed by atoms with E-state index in [0.717, 1.165) is 44.5 Å². The van der Waals surface area contributed by atoms with Crippen LogP contribution in [0.4, 0.5) is 0 Å². The molecule has 0 atom stereocenters. The minimum atomic E-state index is -1.38. The Balaban J connectivity index is 1.34. The SMILES string of the molecule is Cc1cc(Oc2ccc(C(=O)O)c(C(=O)O)c2)ccc1C1(c2ccc(Oc3ccc(C(=O)O)c(C(=O)O)c3)cc2C)c2ccccc2-c2ccccc21. The van der Waals surface area contributed by atoms with Crippen molar-refractivity contribution in [2.45, 2.75) is 19.3 Å². The van der Waals surface area contributed by atoms with Crippen molar-refractivity contribution < 1.29 is 49.1 Å². The van der Waals surface area contributed by atoms with E-state index in [-0.39, 0.29) is 33.8 Å². The molecule has 0 amide bonds. The smallest absolute Gasteiger partial charge is 0.336 e. The summed E-state index contributed by atoms with van der Waals surface area (Å²) in [4.78, 5) is 46.7. The van der Waals surface area contributed by atoms with Crippen molar-refractivity contribution in [3.63, 3.8) is 0 Å². The number of carbonyl (C=O) groups is 4. The first-order chi connectivity index (χ1) is 25.4. The molecule has 0 saturated carbocycles. The summed E-state index contributed by atoms with van der Waals surface area (Å²) in [5.41, 5.74) is 5.65. The summed E-state index contributed by atoms with van der Waals surface area (Å²) in [7, 11) is 0. The van der Waals surface area contributed by atoms with Crippen molar-refractivity contribution in [3.05, 3.63) is 177 Å². The van der Waals surface area contributed by atoms with Gasteiger partial charge in [-0.1, -0.05) is 60.7 Å². The largest absolute Gasteiger partial charge is 0.478 e. The number of aryl methyl sites for hydroxylation is 2. The third-order valence-corrected chi connectivity index (χ3v) is 9.53. The summed E-state index contributed by atoms with van der Waals surface area (Å²) in [5, 5.41) is 38.1. The fourth-order valence-electron chi connectivity index (χ4n) is 7.37. The van der Waals surface area contributed by atoms with Gasteiger partial charge < -0.3 is 29.9 Å². The number of carboxylic acid groups (broad SMARTS) is 4. The monoisotopic (exact) mass is 706 g/mol. The molecule has 0 radical (unpaired) electrons. The zero-order valence-electron chi connectivity index (χ0n) is 28.3. The van der Waals surface area contributed by atoms with Gasteiger partial charge in [-0.2, -0.15) is 0 Å². The van der Waals surface area contributed by atoms with Gasteiger partial charge in [-0.3, -0.25) is 0 Å². The maximum absolute atomic E-state index is 11.8. The number of ether oxygens (including phenoxy) is 2. The number of rotatable bonds is 10. The van der Waals surface area contributed by atoms with E-state index in [2.05, 4.69) is 24.3 Å². The molecule has 0 aromatic heterocycles. The van der Waals surface area contributed by atoms with Crippen molar-refractivity contribution in [3.8, 4) is 34.1 Å². The minimum Gasteiger partial charge on any atom is -0.478 e. The van der Waals surface area contributed by atoms with Crippen LogP contribution in [0, 0.1) is 13.8 Å². The third kappa shape index (κ3) is 5.81. The molecule has 53 heavy (non-hydrogen) atoms. The third-order valence-electron chi connectivity index (χ3n) is 9.53. The van der Waals surface area contributed by atoms with Gasteiger partial charge in [-0.15, -0.1) is 0 Å². The number of hydrogen-bond donors (Lipinski definition) is 4. The Morgan fingerprint density at radius 1 is 0.415 bits per heavy atom. The molecule has 262 valence electrons. The second-order valence-electron chi connectivity index (χ2n) is 12.6. The number of carboxylic acids is 4. The van der Waals surface area contributed by atoms with Crippen LogP contribution in [0.2, 0.25) is 0 Å². The number of aromatic carboxylic acids is 4. The molecule has 10 heteroatoms. The molecule has 6 aromatic carbocycles. The van der Waals surface area contributed by atoms with Gasteiger partial charge in [0.05, 0.1) is 27.7 Å². The van der Waals surface area contributed by atoms with Crippen LogP contribution in [-0.2, 0) is 5.41 Å². The van der Waals surface area contributed by atoms with Crippen LogP contribution in [0.15, 0.2) is 121 Å². The molecule has 0 spiro atoms. The lowest BCUT2D eigenvalue weighted by molar-refractivity contribution is 0.0651. The maximum Gasteiger partial charge on any atom is 0.336 e. The van der Waals surface area contributed by atoms with Gasteiger partial charge in [0, 0.05) is 0 Å². The summed E-state index contributed by atoms with van der Waals surface area (Å²) in [6.45, 7) is 3.94. The lowest BCUT2D eigenvalue weighted by Gasteiger charge is -2.36. The molecular weight excluding hydrogens is 676 g/mol. The average Bonchev–Trinajstić information content (AvgIpc) is 3.42. The number of hydrogen-bond acceptors (Lipinski definition) is 6. The lowest BCUT2D eigenvalue weighted by Crippen LogP contribution is -2.30. The first-order valence-corrected chi connectivity index (χ1v) is 16.4. The van der Waals surface area contributed by atoms with Crippen molar-refractivity contribution in [1.29, 1.82) is 0 Å². The standard InChI is InChI=1S/C43H30O10/c1-23-19-25(52-27-11-15-31(39(44)45)33(21-27)41(48)49)13-17-35(23)43(37-9-5-3-7-29(37)30-8-4-6-10-38(30)43)36-18-14-26(20-24(36)2)53-28-12-16-32(40(46)47)34(22-28)42(50)51/h3-22H,1-2H3,(H,44,45)(H,46,47)(H,48,49)(H,50,51). The topological polar surface area (TPSA) is 168 Å². The highest BCUT2D eigenvalue weighted by Crippen LogP contribution is 2.57.